The van der Waals surface area contributed by atoms with E-state index >= 15 is 0 Å². The number of hydrogen-bond acceptors (Lipinski definition) is 1. The fraction of sp³-hybridized carbons (Fsp3) is 1.00. The van der Waals surface area contributed by atoms with Crippen molar-refractivity contribution in [2.75, 3.05) is 13.7 Å². The Kier molecular flexibility index (Phi) is 12.4. The van der Waals surface area contributed by atoms with Gasteiger partial charge in [0, 0.05) is 22.5 Å². The third-order valence-electron chi connectivity index (χ3n) is 2.78. The largest absolute Gasteiger partial charge is 0.385 e. The summed E-state index contributed by atoms with van der Waals surface area (Å²) in [5.41, 5.74) is 0. The predicted octanol–water partition coefficient (Wildman–Crippen LogP) is 4.51. The van der Waals surface area contributed by atoms with E-state index in [1.807, 2.05) is 0 Å². The Morgan fingerprint density at radius 2 is 1.20 bits per heavy atom. The van der Waals surface area contributed by atoms with Crippen molar-refractivity contribution in [3.05, 3.63) is 0 Å². The van der Waals surface area contributed by atoms with Crippen LogP contribution < -0.4 is 0 Å². The molecule has 0 bridgehead atoms. The molecule has 0 N–H and O–H groups in total. The lowest BCUT2D eigenvalue weighted by Crippen LogP contribution is -1.97. The molecule has 1 nitrogen and oxygen atoms in total. The van der Waals surface area contributed by atoms with Crippen LogP contribution in [0.25, 0.3) is 0 Å². The first-order valence-electron chi connectivity index (χ1n) is 6.55. The summed E-state index contributed by atoms with van der Waals surface area (Å²) in [7, 11) is 1.83. The van der Waals surface area contributed by atoms with E-state index in [1.165, 1.54) is 57.4 Å². The van der Waals surface area contributed by atoms with Gasteiger partial charge in [-0.15, -0.1) is 0 Å². The summed E-state index contributed by atoms with van der Waals surface area (Å²) >= 11 is 0. The number of methoxy groups -OCH3 is 1. The second kappa shape index (κ2) is 12.2. The van der Waals surface area contributed by atoms with Crippen LogP contribution >= 0.6 is 0 Å². The van der Waals surface area contributed by atoms with Crippen LogP contribution in [-0.4, -0.2) is 22.5 Å². The maximum absolute atomic E-state index is 5.03. The highest BCUT2D eigenvalue weighted by Crippen LogP contribution is 2.10. The first-order valence-corrected chi connectivity index (χ1v) is 9.26. The number of unbranched alkanes of at least 4 members (excludes halogenated alkanes) is 7. The zero-order valence-electron chi connectivity index (χ0n) is 11.0. The smallest absolute Gasteiger partial charge is 0.0462 e. The molecule has 0 rings (SSSR count). The SMILES string of the molecule is COCCCCCCCCCC[Si](C)C. The molecule has 91 valence electrons. The second-order valence-electron chi connectivity index (χ2n) is 4.78. The Morgan fingerprint density at radius 1 is 0.733 bits per heavy atom. The van der Waals surface area contributed by atoms with Crippen molar-refractivity contribution in [3.8, 4) is 0 Å². The molecule has 0 aliphatic heterocycles. The molecule has 0 heterocycles. The molecule has 0 fully saturated rings. The first-order chi connectivity index (χ1) is 7.27. The minimum Gasteiger partial charge on any atom is -0.385 e. The van der Waals surface area contributed by atoms with E-state index in [2.05, 4.69) is 13.1 Å². The molecule has 0 aliphatic carbocycles. The van der Waals surface area contributed by atoms with Crippen molar-refractivity contribution in [3.63, 3.8) is 0 Å². The van der Waals surface area contributed by atoms with Crippen molar-refractivity contribution in [1.29, 1.82) is 0 Å². The Balaban J connectivity index is 2.87. The second-order valence-corrected chi connectivity index (χ2v) is 7.69. The Morgan fingerprint density at radius 3 is 1.67 bits per heavy atom. The van der Waals surface area contributed by atoms with E-state index in [-0.39, 0.29) is 8.80 Å². The summed E-state index contributed by atoms with van der Waals surface area (Å²) < 4.78 is 5.03. The fourth-order valence-corrected chi connectivity index (χ4v) is 2.74. The van der Waals surface area contributed by atoms with Gasteiger partial charge in [-0.25, -0.2) is 0 Å². The van der Waals surface area contributed by atoms with Crippen LogP contribution in [0, 0.1) is 0 Å². The third-order valence-corrected chi connectivity index (χ3v) is 4.13. The molecular formula is C13H29OSi. The summed E-state index contributed by atoms with van der Waals surface area (Å²) in [6, 6.07) is 1.51. The van der Waals surface area contributed by atoms with Crippen LogP contribution in [0.4, 0.5) is 0 Å². The molecule has 15 heavy (non-hydrogen) atoms. The van der Waals surface area contributed by atoms with Gasteiger partial charge in [0.05, 0.1) is 0 Å². The van der Waals surface area contributed by atoms with Crippen LogP contribution in [0.15, 0.2) is 0 Å². The van der Waals surface area contributed by atoms with Crippen molar-refractivity contribution in [1.82, 2.24) is 0 Å². The highest BCUT2D eigenvalue weighted by atomic mass is 28.3. The first kappa shape index (κ1) is 15.2. The highest BCUT2D eigenvalue weighted by molar-refractivity contribution is 6.55. The van der Waals surface area contributed by atoms with E-state index in [0.717, 1.165) is 6.61 Å². The van der Waals surface area contributed by atoms with E-state index in [1.54, 1.807) is 7.11 Å². The number of ether oxygens (including phenoxy) is 1. The van der Waals surface area contributed by atoms with Crippen LogP contribution in [-0.2, 0) is 4.74 Å². The maximum atomic E-state index is 5.03. The molecule has 0 aliphatic rings. The predicted molar refractivity (Wildman–Crippen MR) is 71.1 cm³/mol. The minimum absolute atomic E-state index is 0.0443. The van der Waals surface area contributed by atoms with E-state index < -0.39 is 0 Å². The normalized spacial score (nSPS) is 11.2. The van der Waals surface area contributed by atoms with Gasteiger partial charge in [-0.1, -0.05) is 64.1 Å². The molecule has 0 spiro atoms. The van der Waals surface area contributed by atoms with Crippen molar-refractivity contribution in [2.24, 2.45) is 0 Å². The number of rotatable bonds is 11. The summed E-state index contributed by atoms with van der Waals surface area (Å²) in [5.74, 6) is 0. The lowest BCUT2D eigenvalue weighted by Gasteiger charge is -2.03. The van der Waals surface area contributed by atoms with Crippen LogP contribution in [0.2, 0.25) is 19.1 Å². The van der Waals surface area contributed by atoms with Gasteiger partial charge in [-0.3, -0.25) is 0 Å². The van der Waals surface area contributed by atoms with Crippen molar-refractivity contribution >= 4 is 8.80 Å². The Hall–Kier alpha value is 0.177. The molecule has 1 radical (unpaired) electrons. The summed E-state index contributed by atoms with van der Waals surface area (Å²) in [6.07, 6.45) is 11.3. The molecular weight excluding hydrogens is 200 g/mol. The maximum Gasteiger partial charge on any atom is 0.0462 e. The molecule has 2 heteroatoms. The van der Waals surface area contributed by atoms with Crippen LogP contribution in [0.3, 0.4) is 0 Å². The van der Waals surface area contributed by atoms with Gasteiger partial charge in [-0.2, -0.15) is 0 Å². The Bertz CT molecular complexity index is 115. The quantitative estimate of drug-likeness (QED) is 0.374. The average Bonchev–Trinajstić information content (AvgIpc) is 2.20. The van der Waals surface area contributed by atoms with Gasteiger partial charge in [0.15, 0.2) is 0 Å². The molecule has 0 aromatic heterocycles. The molecule has 0 aromatic rings. The topological polar surface area (TPSA) is 9.23 Å². The van der Waals surface area contributed by atoms with Crippen molar-refractivity contribution in [2.45, 2.75) is 70.5 Å². The molecule has 0 amide bonds. The van der Waals surface area contributed by atoms with Gasteiger partial charge in [0.1, 0.15) is 0 Å². The zero-order chi connectivity index (χ0) is 11.4. The van der Waals surface area contributed by atoms with E-state index in [9.17, 15) is 0 Å². The number of hydrogen-bond donors (Lipinski definition) is 0. The third kappa shape index (κ3) is 14.2. The summed E-state index contributed by atoms with van der Waals surface area (Å²) in [5, 5.41) is 0. The van der Waals surface area contributed by atoms with Gasteiger partial charge >= 0.3 is 0 Å². The lowest BCUT2D eigenvalue weighted by atomic mass is 10.1. The van der Waals surface area contributed by atoms with E-state index in [0.29, 0.717) is 0 Å². The molecule has 0 saturated carbocycles. The Labute approximate surface area is 98.2 Å². The van der Waals surface area contributed by atoms with Gasteiger partial charge < -0.3 is 4.74 Å². The van der Waals surface area contributed by atoms with Crippen LogP contribution in [0.5, 0.6) is 0 Å². The van der Waals surface area contributed by atoms with Gasteiger partial charge in [0.25, 0.3) is 0 Å². The van der Waals surface area contributed by atoms with Crippen LogP contribution in [0.1, 0.15) is 51.4 Å². The van der Waals surface area contributed by atoms with E-state index in [4.69, 9.17) is 4.74 Å². The molecule has 0 saturated heterocycles. The average molecular weight is 229 g/mol. The molecule has 0 atom stereocenters. The van der Waals surface area contributed by atoms with Crippen molar-refractivity contribution < 1.29 is 4.74 Å². The monoisotopic (exact) mass is 229 g/mol. The van der Waals surface area contributed by atoms with Gasteiger partial charge in [-0.05, 0) is 6.42 Å². The standard InChI is InChI=1S/C13H29OSi/c1-14-12-10-8-6-4-5-7-9-11-13-15(2)3/h4-13H2,1-3H3. The molecule has 0 unspecified atom stereocenters. The summed E-state index contributed by atoms with van der Waals surface area (Å²) in [4.78, 5) is 0. The zero-order valence-corrected chi connectivity index (χ0v) is 12.0. The minimum atomic E-state index is 0.0443. The highest BCUT2D eigenvalue weighted by Gasteiger charge is 1.96. The van der Waals surface area contributed by atoms with Gasteiger partial charge in [0.2, 0.25) is 0 Å². The molecule has 0 aromatic carbocycles. The fourth-order valence-electron chi connectivity index (χ4n) is 1.79. The lowest BCUT2D eigenvalue weighted by molar-refractivity contribution is 0.192. The summed E-state index contributed by atoms with van der Waals surface area (Å²) in [6.45, 7) is 5.78.